The van der Waals surface area contributed by atoms with E-state index in [0.717, 1.165) is 138 Å². The Kier molecular flexibility index (Phi) is 19.8. The minimum absolute atomic E-state index is 0.163. The van der Waals surface area contributed by atoms with Gasteiger partial charge in [-0.05, 0) is 190 Å². The van der Waals surface area contributed by atoms with Gasteiger partial charge in [-0.15, -0.1) is 0 Å². The average molecular weight is 1800 g/mol. The normalized spacial score (nSPS) is 13.2. The van der Waals surface area contributed by atoms with Gasteiger partial charge in [-0.25, -0.2) is 29.9 Å². The molecule has 0 N–H and O–H groups in total. The number of nitrogens with zero attached hydrogens (tertiary/aromatic N) is 9. The molecule has 3 aliphatic carbocycles. The van der Waals surface area contributed by atoms with Crippen LogP contribution in [-0.2, 0) is 16.2 Å². The number of pyridine rings is 9. The van der Waals surface area contributed by atoms with Gasteiger partial charge in [0.1, 0.15) is 0 Å². The smallest absolute Gasteiger partial charge is 0.0972 e. The molecular formula is C132H91N9. The van der Waals surface area contributed by atoms with E-state index in [9.17, 15) is 0 Å². The zero-order chi connectivity index (χ0) is 94.4. The molecule has 28 rings (SSSR count). The molecule has 0 spiro atoms. The van der Waals surface area contributed by atoms with Crippen LogP contribution in [0, 0.1) is 0 Å². The molecule has 0 bridgehead atoms. The quantitative estimate of drug-likeness (QED) is 0.123. The Morgan fingerprint density at radius 1 is 0.170 bits per heavy atom. The highest BCUT2D eigenvalue weighted by Crippen LogP contribution is 2.58. The van der Waals surface area contributed by atoms with Crippen LogP contribution in [0.25, 0.3) is 244 Å². The zero-order valence-electron chi connectivity index (χ0n) is 78.7. The number of aromatic nitrogens is 9. The summed E-state index contributed by atoms with van der Waals surface area (Å²) >= 11 is 0. The highest BCUT2D eigenvalue weighted by molar-refractivity contribution is 6.12. The summed E-state index contributed by atoms with van der Waals surface area (Å²) in [4.78, 5) is 45.0. The lowest BCUT2D eigenvalue weighted by Crippen LogP contribution is -2.16. The van der Waals surface area contributed by atoms with Crippen LogP contribution in [0.2, 0.25) is 0 Å². The second-order valence-electron chi connectivity index (χ2n) is 38.9. The van der Waals surface area contributed by atoms with Crippen molar-refractivity contribution < 1.29 is 0 Å². The van der Waals surface area contributed by atoms with E-state index in [0.29, 0.717) is 0 Å². The van der Waals surface area contributed by atoms with Crippen LogP contribution in [0.4, 0.5) is 0 Å². The third-order valence-corrected chi connectivity index (χ3v) is 29.6. The second-order valence-corrected chi connectivity index (χ2v) is 38.9. The van der Waals surface area contributed by atoms with Gasteiger partial charge in [-0.2, -0.15) is 0 Å². The molecule has 0 saturated carbocycles. The van der Waals surface area contributed by atoms with E-state index in [2.05, 4.69) is 440 Å². The predicted molar refractivity (Wildman–Crippen MR) is 584 cm³/mol. The Hall–Kier alpha value is -17.8. The van der Waals surface area contributed by atoms with Crippen LogP contribution in [0.3, 0.4) is 0 Å². The van der Waals surface area contributed by atoms with Gasteiger partial charge in [0.15, 0.2) is 0 Å². The molecule has 141 heavy (non-hydrogen) atoms. The van der Waals surface area contributed by atoms with Crippen molar-refractivity contribution in [3.63, 3.8) is 0 Å². The Balaban J connectivity index is 0.000000109. The molecule has 9 nitrogen and oxygen atoms in total. The Bertz CT molecular complexity index is 9440. The number of fused-ring (bicyclic) bond motifs is 21. The predicted octanol–water partition coefficient (Wildman–Crippen LogP) is 33.6. The minimum Gasteiger partial charge on any atom is -0.254 e. The highest BCUT2D eigenvalue weighted by atomic mass is 14.8. The van der Waals surface area contributed by atoms with Crippen molar-refractivity contribution >= 4 is 98.1 Å². The molecule has 0 amide bonds. The average Bonchev–Trinajstić information content (AvgIpc) is 1.56. The van der Waals surface area contributed by atoms with E-state index < -0.39 is 0 Å². The summed E-state index contributed by atoms with van der Waals surface area (Å²) in [5.41, 5.74) is 46.0. The first-order chi connectivity index (χ1) is 69.2. The first-order valence-corrected chi connectivity index (χ1v) is 48.4. The van der Waals surface area contributed by atoms with Crippen molar-refractivity contribution in [2.75, 3.05) is 0 Å². The highest BCUT2D eigenvalue weighted by Gasteiger charge is 2.43. The molecule has 9 heterocycles. The fourth-order valence-electron chi connectivity index (χ4n) is 22.7. The van der Waals surface area contributed by atoms with Crippen molar-refractivity contribution in [3.8, 4) is 145 Å². The molecule has 0 saturated heterocycles. The third kappa shape index (κ3) is 14.1. The first kappa shape index (κ1) is 83.8. The standard InChI is InChI=1S/C48H33N3.2C42H29N3/c1-48(2)39-17-8-6-15-37(39)47-44(48)43(38-16-7-9-18-42(38)51-47)36-14-10-13-35(29-36)30-19-21-32(22-20-30)41-28-26-34-24-23-33-25-27-40(31-11-4-3-5-12-31)49-45(33)46(34)50-41;1-42(2)35-16-5-3-13-32(35)40-38(42)37(33-14-4-6-17-36(33)45-40)29-11-7-10-28(24-29)26-18-20-27(21-19-26)34-25-30-12-8-22-43-39(30)41-31(34)15-9-23-44-41;1-42(2)34-14-5-3-12-32(34)41-38(42)37(33-13-4-6-15-36(33)45-41)31-10-7-9-30(25-31)26-16-18-27(19-17-26)35-23-22-29-21-20-28-11-8-24-43-39(28)40(29)44-35/h3-29H,1-2H3;2*3-25H,1-2H3. The maximum Gasteiger partial charge on any atom is 0.0972 e. The van der Waals surface area contributed by atoms with Gasteiger partial charge in [-0.3, -0.25) is 15.0 Å². The largest absolute Gasteiger partial charge is 0.254 e. The number of benzene rings is 16. The lowest BCUT2D eigenvalue weighted by atomic mass is 9.78. The summed E-state index contributed by atoms with van der Waals surface area (Å²) in [5.74, 6) is 0. The maximum absolute atomic E-state index is 5.24. The Labute approximate surface area is 817 Å². The minimum atomic E-state index is -0.174. The van der Waals surface area contributed by atoms with Gasteiger partial charge in [-0.1, -0.05) is 387 Å². The van der Waals surface area contributed by atoms with Gasteiger partial charge in [0.05, 0.1) is 83.8 Å². The third-order valence-electron chi connectivity index (χ3n) is 29.6. The molecule has 0 fully saturated rings. The van der Waals surface area contributed by atoms with Crippen LogP contribution < -0.4 is 0 Å². The van der Waals surface area contributed by atoms with Gasteiger partial charge >= 0.3 is 0 Å². The van der Waals surface area contributed by atoms with E-state index >= 15 is 0 Å². The number of hydrogen-bond acceptors (Lipinski definition) is 9. The first-order valence-electron chi connectivity index (χ1n) is 48.4. The van der Waals surface area contributed by atoms with E-state index in [1.807, 2.05) is 55.0 Å². The zero-order valence-corrected chi connectivity index (χ0v) is 78.7. The van der Waals surface area contributed by atoms with Crippen LogP contribution in [0.15, 0.2) is 443 Å². The maximum atomic E-state index is 5.24. The van der Waals surface area contributed by atoms with Crippen molar-refractivity contribution in [2.24, 2.45) is 0 Å². The van der Waals surface area contributed by atoms with Gasteiger partial charge in [0, 0.05) is 117 Å². The molecule has 0 unspecified atom stereocenters. The number of rotatable bonds is 10. The summed E-state index contributed by atoms with van der Waals surface area (Å²) < 4.78 is 0. The lowest BCUT2D eigenvalue weighted by molar-refractivity contribution is 0.661. The molecule has 0 aliphatic heterocycles. The molecule has 0 atom stereocenters. The molecule has 9 aromatic heterocycles. The molecule has 0 radical (unpaired) electrons. The SMILES string of the molecule is CC1(C)c2ccccc2-c2nc3ccccc3c(-c3cccc(-c4ccc(-c5cc6cccnc6c6ncccc56)cc4)c3)c21.CC1(C)c2ccccc2-c2nc3ccccc3c(-c3cccc(-c4ccc(-c5ccc6ccc7ccc(-c8ccccc8)nc7c6n5)cc4)c3)c21.CC1(C)c2ccccc2-c2nc3ccccc3c(-c3cccc(-c4ccc(-c5ccc6ccc7cccnc7c6n5)cc4)c3)c21. The summed E-state index contributed by atoms with van der Waals surface area (Å²) in [6.45, 7) is 14.0. The molecule has 16 aromatic carbocycles. The van der Waals surface area contributed by atoms with E-state index in [-0.39, 0.29) is 16.2 Å². The number of hydrogen-bond donors (Lipinski definition) is 0. The van der Waals surface area contributed by atoms with Crippen LogP contribution in [-0.4, -0.2) is 44.9 Å². The fraction of sp³-hybridized carbons (Fsp3) is 0.0682. The van der Waals surface area contributed by atoms with E-state index in [1.54, 1.807) is 0 Å². The van der Waals surface area contributed by atoms with Crippen molar-refractivity contribution in [2.45, 2.75) is 57.8 Å². The Morgan fingerprint density at radius 2 is 0.454 bits per heavy atom. The fourth-order valence-corrected chi connectivity index (χ4v) is 22.7. The van der Waals surface area contributed by atoms with Crippen LogP contribution >= 0.6 is 0 Å². The molecule has 3 aliphatic rings. The summed E-state index contributed by atoms with van der Waals surface area (Å²) in [6.07, 6.45) is 5.52. The summed E-state index contributed by atoms with van der Waals surface area (Å²) in [6, 6.07) is 151. The second kappa shape index (κ2) is 33.3. The van der Waals surface area contributed by atoms with Crippen molar-refractivity contribution in [1.82, 2.24) is 44.9 Å². The Morgan fingerprint density at radius 3 is 0.858 bits per heavy atom. The van der Waals surface area contributed by atoms with Gasteiger partial charge in [0.25, 0.3) is 0 Å². The van der Waals surface area contributed by atoms with Crippen LogP contribution in [0.1, 0.15) is 74.9 Å². The van der Waals surface area contributed by atoms with Crippen molar-refractivity contribution in [3.05, 3.63) is 477 Å². The molecular weight excluding hydrogens is 1710 g/mol. The van der Waals surface area contributed by atoms with Gasteiger partial charge in [0.2, 0.25) is 0 Å². The topological polar surface area (TPSA) is 116 Å². The lowest BCUT2D eigenvalue weighted by Gasteiger charge is -2.25. The molecule has 9 heteroatoms. The molecule has 25 aromatic rings. The molecule has 664 valence electrons. The van der Waals surface area contributed by atoms with Crippen LogP contribution in [0.5, 0.6) is 0 Å². The summed E-state index contributed by atoms with van der Waals surface area (Å²) in [5, 5.41) is 10.1. The number of para-hydroxylation sites is 3. The van der Waals surface area contributed by atoms with Crippen molar-refractivity contribution in [1.29, 1.82) is 0 Å². The monoisotopic (exact) mass is 1800 g/mol. The van der Waals surface area contributed by atoms with Gasteiger partial charge < -0.3 is 0 Å². The van der Waals surface area contributed by atoms with E-state index in [4.69, 9.17) is 34.9 Å². The van der Waals surface area contributed by atoms with E-state index in [1.165, 1.54) is 139 Å². The summed E-state index contributed by atoms with van der Waals surface area (Å²) in [7, 11) is 0.